The van der Waals surface area contributed by atoms with E-state index in [1.807, 2.05) is 18.2 Å². The zero-order valence-corrected chi connectivity index (χ0v) is 10.1. The molecule has 2 aromatic rings. The molecule has 5 heteroatoms. The Bertz CT molecular complexity index is 474. The predicted molar refractivity (Wildman–Crippen MR) is 62.8 cm³/mol. The van der Waals surface area contributed by atoms with Crippen LogP contribution in [0.2, 0.25) is 0 Å². The third-order valence-electron chi connectivity index (χ3n) is 1.87. The van der Waals surface area contributed by atoms with Gasteiger partial charge in [0.05, 0.1) is 19.5 Å². The smallest absolute Gasteiger partial charge is 0.196 e. The molecule has 0 saturated carbocycles. The second-order valence-electron chi connectivity index (χ2n) is 2.97. The van der Waals surface area contributed by atoms with Crippen molar-refractivity contribution in [3.05, 3.63) is 41.4 Å². The van der Waals surface area contributed by atoms with Gasteiger partial charge in [-0.25, -0.2) is 9.97 Å². The van der Waals surface area contributed by atoms with Crippen molar-refractivity contribution in [2.45, 2.75) is 0 Å². The average Bonchev–Trinajstić information content (AvgIpc) is 2.32. The van der Waals surface area contributed by atoms with Gasteiger partial charge in [0, 0.05) is 6.07 Å². The third kappa shape index (κ3) is 2.70. The molecule has 0 bridgehead atoms. The SMILES string of the molecule is COc1cccc(Oc2cnc(Br)nc2)c1. The molecule has 1 heterocycles. The van der Waals surface area contributed by atoms with Crippen molar-refractivity contribution in [2.75, 3.05) is 7.11 Å². The summed E-state index contributed by atoms with van der Waals surface area (Å²) in [5.74, 6) is 2.01. The number of nitrogens with zero attached hydrogens (tertiary/aromatic N) is 2. The van der Waals surface area contributed by atoms with Gasteiger partial charge in [-0.1, -0.05) is 6.07 Å². The van der Waals surface area contributed by atoms with E-state index >= 15 is 0 Å². The molecular weight excluding hydrogens is 272 g/mol. The summed E-state index contributed by atoms with van der Waals surface area (Å²) in [6.45, 7) is 0. The molecular formula is C11H9BrN2O2. The van der Waals surface area contributed by atoms with E-state index in [2.05, 4.69) is 25.9 Å². The Morgan fingerprint density at radius 1 is 1.06 bits per heavy atom. The molecule has 0 amide bonds. The minimum Gasteiger partial charge on any atom is -0.497 e. The maximum absolute atomic E-state index is 5.55. The van der Waals surface area contributed by atoms with E-state index in [0.29, 0.717) is 16.2 Å². The molecule has 0 N–H and O–H groups in total. The first-order valence-electron chi connectivity index (χ1n) is 4.57. The lowest BCUT2D eigenvalue weighted by Crippen LogP contribution is -1.89. The van der Waals surface area contributed by atoms with E-state index in [0.717, 1.165) is 5.75 Å². The van der Waals surface area contributed by atoms with Crippen LogP contribution in [0.3, 0.4) is 0 Å². The fourth-order valence-electron chi connectivity index (χ4n) is 1.15. The Kier molecular flexibility index (Phi) is 3.36. The van der Waals surface area contributed by atoms with Crippen LogP contribution in [0.15, 0.2) is 41.4 Å². The first kappa shape index (κ1) is 10.9. The van der Waals surface area contributed by atoms with Crippen LogP contribution in [-0.4, -0.2) is 17.1 Å². The minimum atomic E-state index is 0.533. The lowest BCUT2D eigenvalue weighted by atomic mass is 10.3. The van der Waals surface area contributed by atoms with Crippen LogP contribution in [0.5, 0.6) is 17.2 Å². The van der Waals surface area contributed by atoms with Gasteiger partial charge in [-0.3, -0.25) is 0 Å². The number of halogens is 1. The number of methoxy groups -OCH3 is 1. The normalized spacial score (nSPS) is 9.88. The molecule has 0 saturated heterocycles. The number of rotatable bonds is 3. The summed E-state index contributed by atoms with van der Waals surface area (Å²) in [6.07, 6.45) is 3.19. The summed E-state index contributed by atoms with van der Waals surface area (Å²) in [5.41, 5.74) is 0. The molecule has 0 radical (unpaired) electrons. The van der Waals surface area contributed by atoms with Crippen molar-refractivity contribution in [3.8, 4) is 17.2 Å². The fraction of sp³-hybridized carbons (Fsp3) is 0.0909. The first-order chi connectivity index (χ1) is 7.78. The molecule has 0 aliphatic heterocycles. The van der Waals surface area contributed by atoms with Gasteiger partial charge in [0.25, 0.3) is 0 Å². The number of hydrogen-bond donors (Lipinski definition) is 0. The largest absolute Gasteiger partial charge is 0.497 e. The summed E-state index contributed by atoms with van der Waals surface area (Å²) in [5, 5.41) is 0. The Balaban J connectivity index is 2.16. The van der Waals surface area contributed by atoms with Gasteiger partial charge in [0.15, 0.2) is 10.5 Å². The number of hydrogen-bond acceptors (Lipinski definition) is 4. The number of aromatic nitrogens is 2. The third-order valence-corrected chi connectivity index (χ3v) is 2.28. The molecule has 4 nitrogen and oxygen atoms in total. The van der Waals surface area contributed by atoms with Gasteiger partial charge in [0.1, 0.15) is 11.5 Å². The summed E-state index contributed by atoms with van der Waals surface area (Å²) in [7, 11) is 1.61. The van der Waals surface area contributed by atoms with Crippen molar-refractivity contribution in [3.63, 3.8) is 0 Å². The lowest BCUT2D eigenvalue weighted by Gasteiger charge is -2.06. The molecule has 0 aliphatic carbocycles. The van der Waals surface area contributed by atoms with E-state index in [-0.39, 0.29) is 0 Å². The second-order valence-corrected chi connectivity index (χ2v) is 3.68. The van der Waals surface area contributed by atoms with E-state index < -0.39 is 0 Å². The topological polar surface area (TPSA) is 44.2 Å². The molecule has 0 spiro atoms. The van der Waals surface area contributed by atoms with Crippen LogP contribution in [0, 0.1) is 0 Å². The Morgan fingerprint density at radius 3 is 2.44 bits per heavy atom. The second kappa shape index (κ2) is 4.94. The van der Waals surface area contributed by atoms with E-state index in [9.17, 15) is 0 Å². The molecule has 0 unspecified atom stereocenters. The van der Waals surface area contributed by atoms with E-state index in [1.54, 1.807) is 25.6 Å². The van der Waals surface area contributed by atoms with Crippen LogP contribution < -0.4 is 9.47 Å². The van der Waals surface area contributed by atoms with Gasteiger partial charge in [0.2, 0.25) is 0 Å². The Labute approximate surface area is 101 Å². The lowest BCUT2D eigenvalue weighted by molar-refractivity contribution is 0.408. The van der Waals surface area contributed by atoms with Crippen molar-refractivity contribution >= 4 is 15.9 Å². The monoisotopic (exact) mass is 280 g/mol. The fourth-order valence-corrected chi connectivity index (χ4v) is 1.36. The summed E-state index contributed by atoms with van der Waals surface area (Å²) < 4.78 is 11.2. The van der Waals surface area contributed by atoms with Gasteiger partial charge >= 0.3 is 0 Å². The van der Waals surface area contributed by atoms with Crippen LogP contribution >= 0.6 is 15.9 Å². The molecule has 0 fully saturated rings. The van der Waals surface area contributed by atoms with E-state index in [1.165, 1.54) is 0 Å². The zero-order chi connectivity index (χ0) is 11.4. The number of benzene rings is 1. The predicted octanol–water partition coefficient (Wildman–Crippen LogP) is 3.04. The first-order valence-corrected chi connectivity index (χ1v) is 5.36. The average molecular weight is 281 g/mol. The summed E-state index contributed by atoms with van der Waals surface area (Å²) >= 11 is 3.16. The molecule has 16 heavy (non-hydrogen) atoms. The van der Waals surface area contributed by atoms with Gasteiger partial charge in [-0.2, -0.15) is 0 Å². The van der Waals surface area contributed by atoms with Gasteiger partial charge in [-0.05, 0) is 28.1 Å². The van der Waals surface area contributed by atoms with E-state index in [4.69, 9.17) is 9.47 Å². The molecule has 0 aliphatic rings. The quantitative estimate of drug-likeness (QED) is 0.811. The highest BCUT2D eigenvalue weighted by atomic mass is 79.9. The molecule has 1 aromatic carbocycles. The van der Waals surface area contributed by atoms with Gasteiger partial charge < -0.3 is 9.47 Å². The van der Waals surface area contributed by atoms with Crippen molar-refractivity contribution < 1.29 is 9.47 Å². The van der Waals surface area contributed by atoms with Crippen molar-refractivity contribution in [2.24, 2.45) is 0 Å². The van der Waals surface area contributed by atoms with Crippen molar-refractivity contribution in [1.29, 1.82) is 0 Å². The Hall–Kier alpha value is -1.62. The highest BCUT2D eigenvalue weighted by Crippen LogP contribution is 2.24. The molecule has 2 rings (SSSR count). The van der Waals surface area contributed by atoms with Crippen LogP contribution in [0.25, 0.3) is 0 Å². The highest BCUT2D eigenvalue weighted by molar-refractivity contribution is 9.10. The standard InChI is InChI=1S/C11H9BrN2O2/c1-15-8-3-2-4-9(5-8)16-10-6-13-11(12)14-7-10/h2-7H,1H3. The Morgan fingerprint density at radius 2 is 1.75 bits per heavy atom. The highest BCUT2D eigenvalue weighted by Gasteiger charge is 2.00. The number of ether oxygens (including phenoxy) is 2. The maximum atomic E-state index is 5.55. The van der Waals surface area contributed by atoms with Crippen LogP contribution in [0.4, 0.5) is 0 Å². The summed E-state index contributed by atoms with van der Waals surface area (Å²) in [4.78, 5) is 7.93. The van der Waals surface area contributed by atoms with Crippen LogP contribution in [-0.2, 0) is 0 Å². The zero-order valence-electron chi connectivity index (χ0n) is 8.55. The molecule has 82 valence electrons. The molecule has 0 atom stereocenters. The minimum absolute atomic E-state index is 0.533. The van der Waals surface area contributed by atoms with Crippen molar-refractivity contribution in [1.82, 2.24) is 9.97 Å². The molecule has 1 aromatic heterocycles. The maximum Gasteiger partial charge on any atom is 0.196 e. The summed E-state index contributed by atoms with van der Waals surface area (Å²) in [6, 6.07) is 7.34. The van der Waals surface area contributed by atoms with Gasteiger partial charge in [-0.15, -0.1) is 0 Å². The van der Waals surface area contributed by atoms with Crippen LogP contribution in [0.1, 0.15) is 0 Å².